The zero-order valence-electron chi connectivity index (χ0n) is 11.5. The van der Waals surface area contributed by atoms with E-state index >= 15 is 0 Å². The number of carboxylic acid groups (broad SMARTS) is 1. The van der Waals surface area contributed by atoms with Crippen molar-refractivity contribution >= 4 is 17.0 Å². The van der Waals surface area contributed by atoms with E-state index in [0.717, 1.165) is 17.3 Å². The fraction of sp³-hybridized carbons (Fsp3) is 0.500. The summed E-state index contributed by atoms with van der Waals surface area (Å²) in [7, 11) is 0. The van der Waals surface area contributed by atoms with Crippen LogP contribution < -0.4 is 0 Å². The van der Waals surface area contributed by atoms with E-state index in [2.05, 4.69) is 11.5 Å². The first kappa shape index (κ1) is 11.9. The molecule has 1 unspecified atom stereocenters. The number of carboxylic acids is 1. The van der Waals surface area contributed by atoms with Gasteiger partial charge in [0.2, 0.25) is 0 Å². The number of fused-ring (bicyclic) bond motifs is 1. The number of carbonyl (C=O) groups is 1. The van der Waals surface area contributed by atoms with E-state index in [1.165, 1.54) is 25.7 Å². The molecule has 1 aromatic heterocycles. The van der Waals surface area contributed by atoms with E-state index in [0.29, 0.717) is 23.0 Å². The van der Waals surface area contributed by atoms with Gasteiger partial charge >= 0.3 is 5.97 Å². The van der Waals surface area contributed by atoms with Gasteiger partial charge in [-0.05, 0) is 50.7 Å². The van der Waals surface area contributed by atoms with Crippen molar-refractivity contribution in [1.29, 1.82) is 0 Å². The number of benzene rings is 1. The first-order chi connectivity index (χ1) is 9.66. The van der Waals surface area contributed by atoms with Crippen LogP contribution in [0.5, 0.6) is 0 Å². The third-order valence-electron chi connectivity index (χ3n) is 4.63. The zero-order valence-corrected chi connectivity index (χ0v) is 11.5. The normalized spacial score (nSPS) is 20.2. The first-order valence-corrected chi connectivity index (χ1v) is 7.41. The van der Waals surface area contributed by atoms with Gasteiger partial charge in [-0.2, -0.15) is 0 Å². The Bertz CT molecular complexity index is 696. The third-order valence-corrected chi connectivity index (χ3v) is 4.63. The van der Waals surface area contributed by atoms with Gasteiger partial charge in [0.25, 0.3) is 0 Å². The Labute approximate surface area is 117 Å². The molecule has 1 heterocycles. The lowest BCUT2D eigenvalue weighted by Crippen LogP contribution is -2.10. The average molecular weight is 270 g/mol. The van der Waals surface area contributed by atoms with Crippen LogP contribution in [0.3, 0.4) is 0 Å². The molecular formula is C16H18N2O2. The molecule has 1 aromatic carbocycles. The molecule has 2 fully saturated rings. The lowest BCUT2D eigenvalue weighted by molar-refractivity contribution is 0.0699. The second-order valence-corrected chi connectivity index (χ2v) is 6.17. The maximum Gasteiger partial charge on any atom is 0.337 e. The minimum atomic E-state index is -0.887. The summed E-state index contributed by atoms with van der Waals surface area (Å²) in [5, 5.41) is 9.35. The molecule has 0 saturated heterocycles. The number of para-hydroxylation sites is 1. The van der Waals surface area contributed by atoms with Gasteiger partial charge in [0, 0.05) is 12.0 Å². The molecule has 2 aromatic rings. The Morgan fingerprint density at radius 3 is 2.70 bits per heavy atom. The van der Waals surface area contributed by atoms with Crippen LogP contribution in [0.25, 0.3) is 11.0 Å². The van der Waals surface area contributed by atoms with Crippen LogP contribution >= 0.6 is 0 Å². The highest BCUT2D eigenvalue weighted by Gasteiger charge is 2.36. The molecule has 2 aliphatic rings. The Balaban J connectivity index is 1.96. The molecule has 0 radical (unpaired) electrons. The number of rotatable bonds is 4. The SMILES string of the molecule is CC(C1CC1)n1c(C2CC2)nc2c(C(=O)O)cccc21. The summed E-state index contributed by atoms with van der Waals surface area (Å²) in [5.41, 5.74) is 1.98. The van der Waals surface area contributed by atoms with Gasteiger partial charge in [-0.15, -0.1) is 0 Å². The van der Waals surface area contributed by atoms with Crippen molar-refractivity contribution in [2.75, 3.05) is 0 Å². The van der Waals surface area contributed by atoms with Gasteiger partial charge < -0.3 is 9.67 Å². The smallest absolute Gasteiger partial charge is 0.337 e. The molecular weight excluding hydrogens is 252 g/mol. The van der Waals surface area contributed by atoms with Crippen LogP contribution in [0.1, 0.15) is 60.7 Å². The molecule has 4 heteroatoms. The summed E-state index contributed by atoms with van der Waals surface area (Å²) in [4.78, 5) is 16.1. The predicted molar refractivity (Wildman–Crippen MR) is 76.1 cm³/mol. The van der Waals surface area contributed by atoms with Crippen molar-refractivity contribution in [2.45, 2.75) is 44.6 Å². The maximum absolute atomic E-state index is 11.4. The van der Waals surface area contributed by atoms with E-state index in [1.807, 2.05) is 12.1 Å². The number of hydrogen-bond donors (Lipinski definition) is 1. The van der Waals surface area contributed by atoms with Crippen LogP contribution in [-0.4, -0.2) is 20.6 Å². The topological polar surface area (TPSA) is 55.1 Å². The molecule has 0 spiro atoms. The molecule has 4 nitrogen and oxygen atoms in total. The fourth-order valence-corrected chi connectivity index (χ4v) is 3.15. The van der Waals surface area contributed by atoms with Crippen LogP contribution in [0.2, 0.25) is 0 Å². The quantitative estimate of drug-likeness (QED) is 0.923. The van der Waals surface area contributed by atoms with Crippen LogP contribution in [0, 0.1) is 5.92 Å². The molecule has 20 heavy (non-hydrogen) atoms. The molecule has 104 valence electrons. The second-order valence-electron chi connectivity index (χ2n) is 6.17. The van der Waals surface area contributed by atoms with E-state index in [-0.39, 0.29) is 0 Å². The molecule has 0 amide bonds. The minimum Gasteiger partial charge on any atom is -0.478 e. The van der Waals surface area contributed by atoms with E-state index in [4.69, 9.17) is 4.98 Å². The van der Waals surface area contributed by atoms with Crippen molar-refractivity contribution in [3.05, 3.63) is 29.6 Å². The number of aromatic nitrogens is 2. The largest absolute Gasteiger partial charge is 0.478 e. The minimum absolute atomic E-state index is 0.325. The molecule has 1 atom stereocenters. The lowest BCUT2D eigenvalue weighted by Gasteiger charge is -2.17. The molecule has 0 aliphatic heterocycles. The van der Waals surface area contributed by atoms with Crippen molar-refractivity contribution in [3.63, 3.8) is 0 Å². The van der Waals surface area contributed by atoms with Crippen molar-refractivity contribution in [1.82, 2.24) is 9.55 Å². The van der Waals surface area contributed by atoms with E-state index in [9.17, 15) is 9.90 Å². The summed E-state index contributed by atoms with van der Waals surface area (Å²) in [6.45, 7) is 2.25. The van der Waals surface area contributed by atoms with Gasteiger partial charge in [-0.1, -0.05) is 6.07 Å². The Hall–Kier alpha value is -1.84. The van der Waals surface area contributed by atoms with Crippen LogP contribution in [0.4, 0.5) is 0 Å². The molecule has 0 bridgehead atoms. The summed E-state index contributed by atoms with van der Waals surface area (Å²) in [5.74, 6) is 1.48. The number of hydrogen-bond acceptors (Lipinski definition) is 2. The second kappa shape index (κ2) is 4.08. The zero-order chi connectivity index (χ0) is 13.9. The standard InChI is InChI=1S/C16H18N2O2/c1-9(10-5-6-10)18-13-4-2-3-12(16(19)20)14(13)17-15(18)11-7-8-11/h2-4,9-11H,5-8H2,1H3,(H,19,20). The fourth-order valence-electron chi connectivity index (χ4n) is 3.15. The van der Waals surface area contributed by atoms with Gasteiger partial charge in [0.1, 0.15) is 11.3 Å². The van der Waals surface area contributed by atoms with Gasteiger partial charge in [0.05, 0.1) is 11.1 Å². The molecule has 2 aliphatic carbocycles. The summed E-state index contributed by atoms with van der Waals surface area (Å²) in [6, 6.07) is 5.93. The predicted octanol–water partition coefficient (Wildman–Crippen LogP) is 3.58. The van der Waals surface area contributed by atoms with Crippen molar-refractivity contribution < 1.29 is 9.90 Å². The Morgan fingerprint density at radius 1 is 1.35 bits per heavy atom. The van der Waals surface area contributed by atoms with Gasteiger partial charge in [-0.3, -0.25) is 0 Å². The summed E-state index contributed by atoms with van der Waals surface area (Å²) >= 11 is 0. The monoisotopic (exact) mass is 270 g/mol. The van der Waals surface area contributed by atoms with E-state index < -0.39 is 5.97 Å². The number of nitrogens with zero attached hydrogens (tertiary/aromatic N) is 2. The summed E-state index contributed by atoms with van der Waals surface area (Å²) < 4.78 is 2.32. The third kappa shape index (κ3) is 1.74. The first-order valence-electron chi connectivity index (χ1n) is 7.41. The highest BCUT2D eigenvalue weighted by atomic mass is 16.4. The van der Waals surface area contributed by atoms with Gasteiger partial charge in [0.15, 0.2) is 0 Å². The number of aromatic carboxylic acids is 1. The average Bonchev–Trinajstić information content (AvgIpc) is 3.32. The van der Waals surface area contributed by atoms with E-state index in [1.54, 1.807) is 6.07 Å². The number of imidazole rings is 1. The molecule has 4 rings (SSSR count). The van der Waals surface area contributed by atoms with Crippen LogP contribution in [-0.2, 0) is 0 Å². The lowest BCUT2D eigenvalue weighted by atomic mass is 10.1. The summed E-state index contributed by atoms with van der Waals surface area (Å²) in [6.07, 6.45) is 4.93. The maximum atomic E-state index is 11.4. The van der Waals surface area contributed by atoms with Crippen molar-refractivity contribution in [3.8, 4) is 0 Å². The van der Waals surface area contributed by atoms with Crippen molar-refractivity contribution in [2.24, 2.45) is 5.92 Å². The Kier molecular flexibility index (Phi) is 2.43. The molecule has 1 N–H and O–H groups in total. The van der Waals surface area contributed by atoms with Crippen LogP contribution in [0.15, 0.2) is 18.2 Å². The highest BCUT2D eigenvalue weighted by Crippen LogP contribution is 2.46. The highest BCUT2D eigenvalue weighted by molar-refractivity contribution is 6.01. The van der Waals surface area contributed by atoms with Gasteiger partial charge in [-0.25, -0.2) is 9.78 Å². The molecule has 2 saturated carbocycles. The Morgan fingerprint density at radius 2 is 2.10 bits per heavy atom.